The van der Waals surface area contributed by atoms with Gasteiger partial charge in [0.05, 0.1) is 23.7 Å². The van der Waals surface area contributed by atoms with Crippen molar-refractivity contribution in [2.24, 2.45) is 4.99 Å². The van der Waals surface area contributed by atoms with E-state index in [1.54, 1.807) is 0 Å². The molecule has 2 heterocycles. The second kappa shape index (κ2) is 9.75. The molecular weight excluding hydrogens is 446 g/mol. The summed E-state index contributed by atoms with van der Waals surface area (Å²) in [6.45, 7) is 8.85. The van der Waals surface area contributed by atoms with Crippen LogP contribution in [0.15, 0.2) is 70.4 Å². The van der Waals surface area contributed by atoms with Gasteiger partial charge < -0.3 is 15.4 Å². The van der Waals surface area contributed by atoms with Gasteiger partial charge in [-0.15, -0.1) is 0 Å². The van der Waals surface area contributed by atoms with Crippen molar-refractivity contribution in [1.82, 2.24) is 10.3 Å². The summed E-state index contributed by atoms with van der Waals surface area (Å²) in [5.74, 6) is -0.188. The molecule has 3 aromatic rings. The van der Waals surface area contributed by atoms with Gasteiger partial charge in [-0.2, -0.15) is 0 Å². The molecule has 3 N–H and O–H groups in total. The largest absolute Gasteiger partial charge is 0.395 e. The predicted octanol–water partition coefficient (Wildman–Crippen LogP) is 5.44. The summed E-state index contributed by atoms with van der Waals surface area (Å²) in [7, 11) is 0. The molecule has 1 aliphatic carbocycles. The van der Waals surface area contributed by atoms with Crippen molar-refractivity contribution in [2.45, 2.75) is 47.0 Å². The number of aromatic amines is 1. The van der Waals surface area contributed by atoms with E-state index in [1.165, 1.54) is 39.1 Å². The van der Waals surface area contributed by atoms with Crippen LogP contribution in [-0.2, 0) is 12.8 Å². The molecule has 5 rings (SSSR count). The molecule has 0 fully saturated rings. The van der Waals surface area contributed by atoms with Gasteiger partial charge >= 0.3 is 0 Å². The van der Waals surface area contributed by atoms with Crippen LogP contribution >= 0.6 is 0 Å². The maximum Gasteiger partial charge on any atom is 0.251 e. The standard InChI is InChI=1S/C31H33N3O2/c1-5-24-18(2)28(33-20(24)4)27(22-10-12-23(13-11-22)31(36)32-16-17-35)29-19(3)25-15-14-21-8-6-7-9-26(21)30(25)34-29/h6-13,33,35H,5,14-17H2,1-4H3,(H,32,36). The Kier molecular flexibility index (Phi) is 6.50. The Morgan fingerprint density at radius 1 is 1.03 bits per heavy atom. The molecule has 1 aliphatic heterocycles. The van der Waals surface area contributed by atoms with E-state index in [-0.39, 0.29) is 19.1 Å². The van der Waals surface area contributed by atoms with Gasteiger partial charge in [-0.05, 0) is 85.6 Å². The summed E-state index contributed by atoms with van der Waals surface area (Å²) in [6, 6.07) is 16.3. The number of H-pyrrole nitrogens is 1. The number of benzene rings is 2. The van der Waals surface area contributed by atoms with Crippen molar-refractivity contribution in [1.29, 1.82) is 0 Å². The van der Waals surface area contributed by atoms with Crippen LogP contribution in [0.3, 0.4) is 0 Å². The van der Waals surface area contributed by atoms with Gasteiger partial charge in [0, 0.05) is 28.9 Å². The number of rotatable bonds is 6. The van der Waals surface area contributed by atoms with Crippen LogP contribution in [0.2, 0.25) is 0 Å². The smallest absolute Gasteiger partial charge is 0.251 e. The molecule has 2 aromatic carbocycles. The number of aromatic nitrogens is 1. The molecule has 5 nitrogen and oxygen atoms in total. The number of nitrogens with zero attached hydrogens (tertiary/aromatic N) is 1. The van der Waals surface area contributed by atoms with Gasteiger partial charge in [-0.1, -0.05) is 43.3 Å². The first kappa shape index (κ1) is 24.0. The minimum absolute atomic E-state index is 0.0807. The lowest BCUT2D eigenvalue weighted by atomic mass is 9.85. The maximum atomic E-state index is 12.4. The minimum Gasteiger partial charge on any atom is -0.395 e. The number of aryl methyl sites for hydroxylation is 2. The number of aliphatic imine (C=N–C) groups is 1. The fourth-order valence-electron chi connectivity index (χ4n) is 5.61. The molecule has 0 atom stereocenters. The van der Waals surface area contributed by atoms with E-state index < -0.39 is 0 Å². The Balaban J connectivity index is 1.70. The van der Waals surface area contributed by atoms with E-state index in [1.807, 2.05) is 24.3 Å². The lowest BCUT2D eigenvalue weighted by molar-refractivity contribution is 0.0945. The number of nitrogens with one attached hydrogen (secondary N) is 2. The SMILES string of the molecule is CCc1c(C)[nH]c(C(=C2N=C3C(=C2C)CCc2ccccc23)c2ccc(C(=O)NCCO)cc2)c1C. The molecule has 0 spiro atoms. The van der Waals surface area contributed by atoms with Gasteiger partial charge in [0.15, 0.2) is 0 Å². The van der Waals surface area contributed by atoms with Crippen LogP contribution in [0.5, 0.6) is 0 Å². The highest BCUT2D eigenvalue weighted by atomic mass is 16.3. The second-order valence-corrected chi connectivity index (χ2v) is 9.58. The number of allylic oxidation sites excluding steroid dienone is 2. The zero-order valence-corrected chi connectivity index (χ0v) is 21.5. The van der Waals surface area contributed by atoms with Gasteiger partial charge in [0.1, 0.15) is 0 Å². The molecule has 0 saturated heterocycles. The molecular formula is C31H33N3O2. The van der Waals surface area contributed by atoms with Crippen LogP contribution in [-0.4, -0.2) is 34.9 Å². The summed E-state index contributed by atoms with van der Waals surface area (Å²) < 4.78 is 0. The summed E-state index contributed by atoms with van der Waals surface area (Å²) in [5.41, 5.74) is 14.8. The first-order valence-corrected chi connectivity index (χ1v) is 12.7. The third-order valence-electron chi connectivity index (χ3n) is 7.50. The maximum absolute atomic E-state index is 12.4. The van der Waals surface area contributed by atoms with E-state index in [0.29, 0.717) is 5.56 Å². The molecule has 36 heavy (non-hydrogen) atoms. The van der Waals surface area contributed by atoms with Crippen LogP contribution in [0.25, 0.3) is 5.57 Å². The van der Waals surface area contributed by atoms with E-state index >= 15 is 0 Å². The van der Waals surface area contributed by atoms with E-state index in [4.69, 9.17) is 10.1 Å². The Labute approximate surface area is 212 Å². The van der Waals surface area contributed by atoms with Crippen molar-refractivity contribution in [3.05, 3.63) is 110 Å². The number of aliphatic hydroxyl groups excluding tert-OH is 1. The Morgan fingerprint density at radius 2 is 1.75 bits per heavy atom. The highest BCUT2D eigenvalue weighted by molar-refractivity contribution is 6.18. The number of hydrogen-bond donors (Lipinski definition) is 3. The van der Waals surface area contributed by atoms with Gasteiger partial charge in [-0.3, -0.25) is 4.79 Å². The predicted molar refractivity (Wildman–Crippen MR) is 146 cm³/mol. The van der Waals surface area contributed by atoms with Crippen molar-refractivity contribution >= 4 is 17.2 Å². The Bertz CT molecular complexity index is 1430. The van der Waals surface area contributed by atoms with Gasteiger partial charge in [0.25, 0.3) is 5.91 Å². The lowest BCUT2D eigenvalue weighted by Gasteiger charge is -2.18. The average Bonchev–Trinajstić information content (AvgIpc) is 3.38. The Morgan fingerprint density at radius 3 is 2.44 bits per heavy atom. The van der Waals surface area contributed by atoms with Crippen molar-refractivity contribution < 1.29 is 9.90 Å². The molecule has 1 amide bonds. The number of fused-ring (bicyclic) bond motifs is 3. The van der Waals surface area contributed by atoms with Crippen LogP contribution in [0, 0.1) is 13.8 Å². The van der Waals surface area contributed by atoms with Crippen LogP contribution in [0.4, 0.5) is 0 Å². The lowest BCUT2D eigenvalue weighted by Crippen LogP contribution is -2.26. The first-order valence-electron chi connectivity index (χ1n) is 12.7. The van der Waals surface area contributed by atoms with Gasteiger partial charge in [-0.25, -0.2) is 4.99 Å². The molecule has 5 heteroatoms. The van der Waals surface area contributed by atoms with Crippen molar-refractivity contribution in [3.63, 3.8) is 0 Å². The topological polar surface area (TPSA) is 77.5 Å². The van der Waals surface area contributed by atoms with E-state index in [9.17, 15) is 4.79 Å². The molecule has 2 aliphatic rings. The van der Waals surface area contributed by atoms with Gasteiger partial charge in [0.2, 0.25) is 0 Å². The zero-order chi connectivity index (χ0) is 25.4. The highest BCUT2D eigenvalue weighted by Gasteiger charge is 2.30. The molecule has 1 aromatic heterocycles. The third-order valence-corrected chi connectivity index (χ3v) is 7.50. The van der Waals surface area contributed by atoms with E-state index in [2.05, 4.69) is 62.3 Å². The van der Waals surface area contributed by atoms with Crippen molar-refractivity contribution in [3.8, 4) is 0 Å². The molecule has 0 unspecified atom stereocenters. The minimum atomic E-state index is -0.188. The summed E-state index contributed by atoms with van der Waals surface area (Å²) in [6.07, 6.45) is 2.98. The third kappa shape index (κ3) is 4.03. The second-order valence-electron chi connectivity index (χ2n) is 9.58. The number of hydrogen-bond acceptors (Lipinski definition) is 3. The summed E-state index contributed by atoms with van der Waals surface area (Å²) >= 11 is 0. The fraction of sp³-hybridized carbons (Fsp3) is 0.290. The first-order chi connectivity index (χ1) is 17.4. The fourth-order valence-corrected chi connectivity index (χ4v) is 5.61. The normalized spacial score (nSPS) is 16.0. The molecule has 0 saturated carbocycles. The average molecular weight is 480 g/mol. The van der Waals surface area contributed by atoms with E-state index in [0.717, 1.165) is 47.5 Å². The molecule has 184 valence electrons. The number of aliphatic hydroxyl groups is 1. The summed E-state index contributed by atoms with van der Waals surface area (Å²) in [5, 5.41) is 11.8. The van der Waals surface area contributed by atoms with Crippen molar-refractivity contribution in [2.75, 3.05) is 13.2 Å². The van der Waals surface area contributed by atoms with Crippen LogP contribution in [0.1, 0.15) is 69.8 Å². The quantitative estimate of drug-likeness (QED) is 0.440. The summed E-state index contributed by atoms with van der Waals surface area (Å²) in [4.78, 5) is 21.4. The zero-order valence-electron chi connectivity index (χ0n) is 21.5. The Hall–Kier alpha value is -3.70. The number of carbonyl (C=O) groups is 1. The number of carbonyl (C=O) groups excluding carboxylic acids is 1. The monoisotopic (exact) mass is 479 g/mol. The van der Waals surface area contributed by atoms with Crippen LogP contribution < -0.4 is 5.32 Å². The highest BCUT2D eigenvalue weighted by Crippen LogP contribution is 2.42. The number of amides is 1. The molecule has 0 bridgehead atoms. The molecule has 0 radical (unpaired) electrons.